The summed E-state index contributed by atoms with van der Waals surface area (Å²) in [5, 5.41) is 5.84. The number of rotatable bonds is 14. The first-order valence-corrected chi connectivity index (χ1v) is 22.4. The molecule has 0 fully saturated rings. The van der Waals surface area contributed by atoms with Gasteiger partial charge in [0.2, 0.25) is 16.0 Å². The van der Waals surface area contributed by atoms with Gasteiger partial charge in [-0.05, 0) is 102 Å². The molecule has 4 aromatic heterocycles. The Labute approximate surface area is 354 Å². The lowest BCUT2D eigenvalue weighted by atomic mass is 10.1. The minimum Gasteiger partial charge on any atom is -0.337 e. The Morgan fingerprint density at radius 3 is 2.10 bits per heavy atom. The number of hydrogen-bond acceptors (Lipinski definition) is 11. The maximum Gasteiger partial charge on any atom is 0.420 e. The van der Waals surface area contributed by atoms with Crippen LogP contribution in [0.1, 0.15) is 68.7 Å². The standard InChI is InChI=1S/C40H42ClF4N9O5S2/c1-8-60(56,57)26-10-12-31(22(4)15-26)51-39-49-19-28(40(43,44)45)35(52-39)32-20-47-33(53(32)21(2)3)14-9-24(6)54-36-25(17-29(41)38(54)55)18-48-37(34(36)42)50-30-13-11-27(16-23(30)5)61(58,59)46-7/h10-13,15-21,24,46H,8-9,14H2,1-7H3,(H,48,50)(H,49,51,52). The minimum absolute atomic E-state index is 0.00801. The number of fused-ring (bicyclic) bond motifs is 1. The summed E-state index contributed by atoms with van der Waals surface area (Å²) in [5.41, 5.74) is -0.578. The highest BCUT2D eigenvalue weighted by Gasteiger charge is 2.37. The molecule has 21 heteroatoms. The highest BCUT2D eigenvalue weighted by Crippen LogP contribution is 2.38. The van der Waals surface area contributed by atoms with Crippen LogP contribution in [-0.2, 0) is 32.5 Å². The molecule has 6 aromatic rings. The van der Waals surface area contributed by atoms with Crippen molar-refractivity contribution in [1.29, 1.82) is 0 Å². The molecule has 1 unspecified atom stereocenters. The van der Waals surface area contributed by atoms with Crippen molar-refractivity contribution in [1.82, 2.24) is 33.8 Å². The molecule has 0 aliphatic carbocycles. The fraction of sp³-hybridized carbons (Fsp3) is 0.325. The first-order valence-electron chi connectivity index (χ1n) is 18.9. The summed E-state index contributed by atoms with van der Waals surface area (Å²) in [5.74, 6) is -1.02. The zero-order valence-corrected chi connectivity index (χ0v) is 36.4. The molecule has 14 nitrogen and oxygen atoms in total. The summed E-state index contributed by atoms with van der Waals surface area (Å²) in [6, 6.07) is 8.72. The minimum atomic E-state index is -4.85. The van der Waals surface area contributed by atoms with E-state index in [1.807, 2.05) is 0 Å². The number of benzene rings is 2. The van der Waals surface area contributed by atoms with E-state index in [1.54, 1.807) is 39.2 Å². The van der Waals surface area contributed by atoms with Crippen LogP contribution in [0.5, 0.6) is 0 Å². The van der Waals surface area contributed by atoms with Gasteiger partial charge in [0, 0.05) is 47.7 Å². The first-order chi connectivity index (χ1) is 28.6. The van der Waals surface area contributed by atoms with E-state index < -0.39 is 60.8 Å². The Morgan fingerprint density at radius 1 is 0.852 bits per heavy atom. The number of aryl methyl sites for hydroxylation is 3. The molecule has 0 radical (unpaired) electrons. The predicted octanol–water partition coefficient (Wildman–Crippen LogP) is 8.44. The second-order valence-corrected chi connectivity index (χ2v) is 19.1. The van der Waals surface area contributed by atoms with Crippen LogP contribution in [0.3, 0.4) is 0 Å². The molecule has 1 atom stereocenters. The molecule has 2 aromatic carbocycles. The summed E-state index contributed by atoms with van der Waals surface area (Å²) in [6.07, 6.45) is -1.26. The van der Waals surface area contributed by atoms with Gasteiger partial charge in [0.25, 0.3) is 5.56 Å². The first kappa shape index (κ1) is 45.1. The lowest BCUT2D eigenvalue weighted by molar-refractivity contribution is -0.137. The van der Waals surface area contributed by atoms with Gasteiger partial charge in [-0.1, -0.05) is 18.5 Å². The van der Waals surface area contributed by atoms with E-state index in [0.717, 1.165) is 0 Å². The molecule has 0 aliphatic rings. The summed E-state index contributed by atoms with van der Waals surface area (Å²) in [6.45, 7) is 10.0. The topological polar surface area (TPSA) is 183 Å². The third-order valence-corrected chi connectivity index (χ3v) is 13.5. The van der Waals surface area contributed by atoms with E-state index >= 15 is 4.39 Å². The number of nitrogens with one attached hydrogen (secondary N) is 3. The SMILES string of the molecule is CCS(=O)(=O)c1ccc(Nc2ncc(C(F)(F)F)c(-c3cnc(CCC(C)n4c(=O)c(Cl)cc5cnc(Nc6ccc(S(=O)(=O)NC)cc6C)c(F)c54)n3C(C)C)n2)c(C)c1. The number of alkyl halides is 3. The average Bonchev–Trinajstić information content (AvgIpc) is 3.64. The van der Waals surface area contributed by atoms with Crippen molar-refractivity contribution in [2.45, 2.75) is 82.4 Å². The van der Waals surface area contributed by atoms with Crippen LogP contribution in [0, 0.1) is 19.7 Å². The maximum absolute atomic E-state index is 16.5. The van der Waals surface area contributed by atoms with Gasteiger partial charge in [0.15, 0.2) is 21.5 Å². The molecule has 6 rings (SSSR count). The second-order valence-electron chi connectivity index (χ2n) is 14.6. The van der Waals surface area contributed by atoms with Crippen LogP contribution in [-0.4, -0.2) is 58.7 Å². The molecular formula is C40H42ClF4N9O5S2. The number of aromatic nitrogens is 6. The number of hydrogen-bond donors (Lipinski definition) is 3. The van der Waals surface area contributed by atoms with E-state index in [4.69, 9.17) is 11.6 Å². The number of halogens is 5. The zero-order valence-electron chi connectivity index (χ0n) is 34.0. The molecular weight excluding hydrogens is 862 g/mol. The van der Waals surface area contributed by atoms with E-state index in [0.29, 0.717) is 34.5 Å². The second kappa shape index (κ2) is 17.1. The van der Waals surface area contributed by atoms with Crippen molar-refractivity contribution in [2.75, 3.05) is 23.4 Å². The van der Waals surface area contributed by atoms with Gasteiger partial charge in [-0.3, -0.25) is 4.79 Å². The van der Waals surface area contributed by atoms with Crippen molar-refractivity contribution in [2.24, 2.45) is 0 Å². The van der Waals surface area contributed by atoms with Crippen molar-refractivity contribution < 1.29 is 34.4 Å². The highest BCUT2D eigenvalue weighted by molar-refractivity contribution is 7.91. The Morgan fingerprint density at radius 2 is 1.49 bits per heavy atom. The fourth-order valence-electron chi connectivity index (χ4n) is 6.86. The van der Waals surface area contributed by atoms with Gasteiger partial charge in [0.1, 0.15) is 22.1 Å². The van der Waals surface area contributed by atoms with Gasteiger partial charge in [0.05, 0.1) is 33.0 Å². The Hall–Kier alpha value is -5.44. The largest absolute Gasteiger partial charge is 0.420 e. The van der Waals surface area contributed by atoms with Crippen LogP contribution in [0.25, 0.3) is 22.3 Å². The molecule has 3 N–H and O–H groups in total. The number of sulfone groups is 1. The van der Waals surface area contributed by atoms with Crippen molar-refractivity contribution in [3.63, 3.8) is 0 Å². The Balaban J connectivity index is 1.33. The van der Waals surface area contributed by atoms with Crippen LogP contribution in [0.2, 0.25) is 5.02 Å². The number of imidazole rings is 1. The lowest BCUT2D eigenvalue weighted by Gasteiger charge is -2.21. The maximum atomic E-state index is 16.5. The van der Waals surface area contributed by atoms with E-state index in [9.17, 15) is 34.8 Å². The smallest absolute Gasteiger partial charge is 0.337 e. The molecule has 0 spiro atoms. The molecule has 4 heterocycles. The highest BCUT2D eigenvalue weighted by atomic mass is 35.5. The molecule has 0 aliphatic heterocycles. The van der Waals surface area contributed by atoms with Crippen LogP contribution in [0.15, 0.2) is 75.6 Å². The molecule has 61 heavy (non-hydrogen) atoms. The van der Waals surface area contributed by atoms with E-state index in [-0.39, 0.29) is 61.8 Å². The Bertz CT molecular complexity index is 2960. The Kier molecular flexibility index (Phi) is 12.7. The molecule has 0 saturated carbocycles. The molecule has 324 valence electrons. The number of nitrogens with zero attached hydrogens (tertiary/aromatic N) is 6. The summed E-state index contributed by atoms with van der Waals surface area (Å²) in [4.78, 5) is 30.7. The summed E-state index contributed by atoms with van der Waals surface area (Å²) < 4.78 is 114. The van der Waals surface area contributed by atoms with Crippen LogP contribution in [0.4, 0.5) is 40.7 Å². The normalized spacial score (nSPS) is 12.9. The van der Waals surface area contributed by atoms with Crippen molar-refractivity contribution in [3.05, 3.63) is 105 Å². The number of sulfonamides is 1. The average molecular weight is 904 g/mol. The van der Waals surface area contributed by atoms with Gasteiger partial charge in [-0.2, -0.15) is 13.2 Å². The fourth-order valence-corrected chi connectivity index (χ4v) is 8.85. The molecule has 0 bridgehead atoms. The summed E-state index contributed by atoms with van der Waals surface area (Å²) in [7, 11) is -5.95. The van der Waals surface area contributed by atoms with Crippen molar-refractivity contribution >= 4 is 65.5 Å². The zero-order chi connectivity index (χ0) is 44.8. The third kappa shape index (κ3) is 9.12. The van der Waals surface area contributed by atoms with Gasteiger partial charge < -0.3 is 19.8 Å². The quantitative estimate of drug-likeness (QED) is 0.0892. The van der Waals surface area contributed by atoms with Crippen molar-refractivity contribution in [3.8, 4) is 11.4 Å². The van der Waals surface area contributed by atoms with Crippen LogP contribution >= 0.6 is 11.6 Å². The molecule has 0 amide bonds. The van der Waals surface area contributed by atoms with Gasteiger partial charge in [-0.25, -0.2) is 45.9 Å². The monoisotopic (exact) mass is 903 g/mol. The van der Waals surface area contributed by atoms with Gasteiger partial charge >= 0.3 is 6.18 Å². The van der Waals surface area contributed by atoms with E-state index in [1.165, 1.54) is 73.4 Å². The molecule has 0 saturated heterocycles. The third-order valence-electron chi connectivity index (χ3n) is 10.1. The predicted molar refractivity (Wildman–Crippen MR) is 226 cm³/mol. The summed E-state index contributed by atoms with van der Waals surface area (Å²) >= 11 is 6.35. The van der Waals surface area contributed by atoms with Gasteiger partial charge in [-0.15, -0.1) is 0 Å². The van der Waals surface area contributed by atoms with E-state index in [2.05, 4.69) is 35.3 Å². The number of pyridine rings is 2. The number of anilines is 4. The van der Waals surface area contributed by atoms with Crippen LogP contribution < -0.4 is 20.9 Å². The lowest BCUT2D eigenvalue weighted by Crippen LogP contribution is -2.26.